The first kappa shape index (κ1) is 17.6. The van der Waals surface area contributed by atoms with Crippen molar-refractivity contribution < 1.29 is 4.79 Å². The summed E-state index contributed by atoms with van der Waals surface area (Å²) in [5, 5.41) is 8.28. The van der Waals surface area contributed by atoms with Crippen LogP contribution < -0.4 is 16.0 Å². The molecule has 3 N–H and O–H groups in total. The Kier molecular flexibility index (Phi) is 4.37. The zero-order valence-corrected chi connectivity index (χ0v) is 15.9. The van der Waals surface area contributed by atoms with Gasteiger partial charge in [-0.05, 0) is 42.3 Å². The second kappa shape index (κ2) is 6.72. The summed E-state index contributed by atoms with van der Waals surface area (Å²) in [7, 11) is 1.86. The van der Waals surface area contributed by atoms with Crippen LogP contribution in [0.4, 0.5) is 17.2 Å². The fourth-order valence-corrected chi connectivity index (χ4v) is 3.58. The zero-order chi connectivity index (χ0) is 19.1. The van der Waals surface area contributed by atoms with E-state index in [2.05, 4.69) is 10.4 Å². The highest BCUT2D eigenvalue weighted by molar-refractivity contribution is 6.31. The third-order valence-corrected chi connectivity index (χ3v) is 5.08. The average Bonchev–Trinajstić information content (AvgIpc) is 2.90. The van der Waals surface area contributed by atoms with E-state index in [4.69, 9.17) is 17.3 Å². The number of nitrogens with one attached hydrogen (secondary N) is 1. The molecule has 0 saturated carbocycles. The Hall–Kier alpha value is -2.83. The first-order chi connectivity index (χ1) is 13.0. The normalized spacial score (nSPS) is 12.8. The Balaban J connectivity index is 1.83. The van der Waals surface area contributed by atoms with Gasteiger partial charge in [-0.25, -0.2) is 0 Å². The Bertz CT molecular complexity index is 1040. The van der Waals surface area contributed by atoms with Gasteiger partial charge in [0.1, 0.15) is 5.82 Å². The van der Waals surface area contributed by atoms with E-state index in [1.807, 2.05) is 44.3 Å². The van der Waals surface area contributed by atoms with E-state index >= 15 is 0 Å². The Labute approximate surface area is 162 Å². The summed E-state index contributed by atoms with van der Waals surface area (Å²) >= 11 is 6.20. The molecule has 4 rings (SSSR count). The van der Waals surface area contributed by atoms with Gasteiger partial charge in [-0.15, -0.1) is 0 Å². The van der Waals surface area contributed by atoms with Crippen LogP contribution in [0.2, 0.25) is 5.02 Å². The second-order valence-electron chi connectivity index (χ2n) is 6.67. The molecule has 1 aliphatic rings. The standard InChI is InChI=1S/C20H20ClN5O/c1-12-7-13(9-22)3-5-16(12)20(27)26-11-14-10-23-25(2)19(14)24-17-8-15(21)4-6-18(17)26/h3-8,10,24H,9,11,22H2,1-2H3. The number of fused-ring (bicyclic) bond motifs is 2. The van der Waals surface area contributed by atoms with Gasteiger partial charge in [0.15, 0.2) is 0 Å². The summed E-state index contributed by atoms with van der Waals surface area (Å²) in [5.74, 6) is 0.780. The number of hydrogen-bond acceptors (Lipinski definition) is 4. The summed E-state index contributed by atoms with van der Waals surface area (Å²) in [4.78, 5) is 15.2. The van der Waals surface area contributed by atoms with Crippen LogP contribution in [0.15, 0.2) is 42.6 Å². The van der Waals surface area contributed by atoms with Crippen LogP contribution in [0.25, 0.3) is 0 Å². The molecule has 2 heterocycles. The van der Waals surface area contributed by atoms with Crippen molar-refractivity contribution in [2.24, 2.45) is 12.8 Å². The molecule has 138 valence electrons. The van der Waals surface area contributed by atoms with Crippen molar-refractivity contribution in [2.45, 2.75) is 20.0 Å². The van der Waals surface area contributed by atoms with Crippen molar-refractivity contribution >= 4 is 34.7 Å². The number of carbonyl (C=O) groups excluding carboxylic acids is 1. The molecule has 2 aromatic carbocycles. The predicted molar refractivity (Wildman–Crippen MR) is 108 cm³/mol. The Morgan fingerprint density at radius 2 is 2.11 bits per heavy atom. The van der Waals surface area contributed by atoms with Crippen molar-refractivity contribution in [2.75, 3.05) is 10.2 Å². The largest absolute Gasteiger partial charge is 0.338 e. The van der Waals surface area contributed by atoms with E-state index in [1.54, 1.807) is 21.8 Å². The molecule has 0 unspecified atom stereocenters. The number of aromatic nitrogens is 2. The lowest BCUT2D eigenvalue weighted by Crippen LogP contribution is -2.30. The third kappa shape index (κ3) is 3.07. The highest BCUT2D eigenvalue weighted by Crippen LogP contribution is 2.38. The molecule has 0 bridgehead atoms. The third-order valence-electron chi connectivity index (χ3n) is 4.85. The fourth-order valence-electron chi connectivity index (χ4n) is 3.41. The van der Waals surface area contributed by atoms with E-state index in [0.717, 1.165) is 33.9 Å². The molecule has 0 fully saturated rings. The minimum Gasteiger partial charge on any atom is -0.338 e. The molecular weight excluding hydrogens is 362 g/mol. The maximum atomic E-state index is 13.4. The van der Waals surface area contributed by atoms with E-state index in [1.165, 1.54) is 0 Å². The molecule has 0 saturated heterocycles. The highest BCUT2D eigenvalue weighted by atomic mass is 35.5. The number of halogens is 1. The zero-order valence-electron chi connectivity index (χ0n) is 15.2. The average molecular weight is 382 g/mol. The molecule has 27 heavy (non-hydrogen) atoms. The van der Waals surface area contributed by atoms with Crippen molar-refractivity contribution in [1.82, 2.24) is 9.78 Å². The fraction of sp³-hybridized carbons (Fsp3) is 0.200. The first-order valence-corrected chi connectivity index (χ1v) is 9.04. The number of nitrogens with zero attached hydrogens (tertiary/aromatic N) is 3. The van der Waals surface area contributed by atoms with Gasteiger partial charge in [-0.1, -0.05) is 23.7 Å². The molecule has 0 aliphatic carbocycles. The van der Waals surface area contributed by atoms with Gasteiger partial charge >= 0.3 is 0 Å². The molecule has 7 heteroatoms. The number of carbonyl (C=O) groups is 1. The minimum atomic E-state index is -0.0712. The predicted octanol–water partition coefficient (Wildman–Crippen LogP) is 3.74. The van der Waals surface area contributed by atoms with Crippen LogP contribution in [0.5, 0.6) is 0 Å². The molecular formula is C20H20ClN5O. The summed E-state index contributed by atoms with van der Waals surface area (Å²) < 4.78 is 1.76. The van der Waals surface area contributed by atoms with E-state index in [-0.39, 0.29) is 5.91 Å². The van der Waals surface area contributed by atoms with Crippen LogP contribution in [0.1, 0.15) is 27.0 Å². The lowest BCUT2D eigenvalue weighted by atomic mass is 10.0. The Morgan fingerprint density at radius 3 is 2.85 bits per heavy atom. The van der Waals surface area contributed by atoms with Gasteiger partial charge in [0, 0.05) is 29.7 Å². The van der Waals surface area contributed by atoms with E-state index in [0.29, 0.717) is 23.7 Å². The number of nitrogens with two attached hydrogens (primary N) is 1. The first-order valence-electron chi connectivity index (χ1n) is 8.67. The highest BCUT2D eigenvalue weighted by Gasteiger charge is 2.27. The van der Waals surface area contributed by atoms with Gasteiger partial charge in [0.25, 0.3) is 5.91 Å². The van der Waals surface area contributed by atoms with Gasteiger partial charge in [-0.2, -0.15) is 5.10 Å². The van der Waals surface area contributed by atoms with Crippen LogP contribution in [0.3, 0.4) is 0 Å². The summed E-state index contributed by atoms with van der Waals surface area (Å²) in [5.41, 5.74) is 10.8. The monoisotopic (exact) mass is 381 g/mol. The molecule has 0 radical (unpaired) electrons. The second-order valence-corrected chi connectivity index (χ2v) is 7.11. The lowest BCUT2D eigenvalue weighted by Gasteiger charge is -2.23. The van der Waals surface area contributed by atoms with Crippen LogP contribution in [-0.4, -0.2) is 15.7 Å². The maximum absolute atomic E-state index is 13.4. The SMILES string of the molecule is Cc1cc(CN)ccc1C(=O)N1Cc2cnn(C)c2Nc2cc(Cl)ccc21. The number of rotatable bonds is 2. The number of amides is 1. The van der Waals surface area contributed by atoms with Gasteiger partial charge in [0.2, 0.25) is 0 Å². The van der Waals surface area contributed by atoms with Gasteiger partial charge in [-0.3, -0.25) is 9.48 Å². The van der Waals surface area contributed by atoms with Crippen LogP contribution in [-0.2, 0) is 20.1 Å². The smallest absolute Gasteiger partial charge is 0.258 e. The summed E-state index contributed by atoms with van der Waals surface area (Å²) in [6.45, 7) is 2.80. The maximum Gasteiger partial charge on any atom is 0.258 e. The number of hydrogen-bond donors (Lipinski definition) is 2. The van der Waals surface area contributed by atoms with Crippen molar-refractivity contribution in [3.8, 4) is 0 Å². The number of aryl methyl sites for hydroxylation is 2. The van der Waals surface area contributed by atoms with Crippen LogP contribution in [0, 0.1) is 6.92 Å². The number of benzene rings is 2. The molecule has 0 atom stereocenters. The molecule has 6 nitrogen and oxygen atoms in total. The Morgan fingerprint density at radius 1 is 1.30 bits per heavy atom. The molecule has 3 aromatic rings. The van der Waals surface area contributed by atoms with Gasteiger partial charge in [0.05, 0.1) is 24.1 Å². The topological polar surface area (TPSA) is 76.2 Å². The molecule has 0 spiro atoms. The van der Waals surface area contributed by atoms with E-state index in [9.17, 15) is 4.79 Å². The molecule has 1 aromatic heterocycles. The van der Waals surface area contributed by atoms with Crippen LogP contribution >= 0.6 is 11.6 Å². The van der Waals surface area contributed by atoms with Crippen molar-refractivity contribution in [3.63, 3.8) is 0 Å². The van der Waals surface area contributed by atoms with Crippen molar-refractivity contribution in [1.29, 1.82) is 0 Å². The quantitative estimate of drug-likeness (QED) is 0.708. The number of anilines is 3. The van der Waals surface area contributed by atoms with Crippen molar-refractivity contribution in [3.05, 3.63) is 69.9 Å². The van der Waals surface area contributed by atoms with Gasteiger partial charge < -0.3 is 16.0 Å². The molecule has 1 aliphatic heterocycles. The summed E-state index contributed by atoms with van der Waals surface area (Å²) in [6.07, 6.45) is 1.78. The minimum absolute atomic E-state index is 0.0712. The summed E-state index contributed by atoms with van der Waals surface area (Å²) in [6, 6.07) is 11.2. The lowest BCUT2D eigenvalue weighted by molar-refractivity contribution is 0.0985. The van der Waals surface area contributed by atoms with E-state index < -0.39 is 0 Å². The molecule has 1 amide bonds.